The SMILES string of the molecule is CCOc1ccc(/C=C/C(=O)Nc2cc(OC)c(NC(=O)c3ccccc3)cc2OC)cc1OC. The highest BCUT2D eigenvalue weighted by atomic mass is 16.5. The van der Waals surface area contributed by atoms with E-state index in [9.17, 15) is 9.59 Å². The summed E-state index contributed by atoms with van der Waals surface area (Å²) in [5.74, 6) is 1.27. The highest BCUT2D eigenvalue weighted by Gasteiger charge is 2.15. The average Bonchev–Trinajstić information content (AvgIpc) is 2.89. The minimum atomic E-state index is -0.376. The van der Waals surface area contributed by atoms with Crippen molar-refractivity contribution in [2.75, 3.05) is 38.6 Å². The van der Waals surface area contributed by atoms with Gasteiger partial charge in [-0.2, -0.15) is 0 Å². The van der Waals surface area contributed by atoms with Crippen LogP contribution >= 0.6 is 0 Å². The molecule has 0 saturated carbocycles. The predicted octanol–water partition coefficient (Wildman–Crippen LogP) is 5.02. The number of rotatable bonds is 10. The minimum absolute atomic E-state index is 0.295. The lowest BCUT2D eigenvalue weighted by molar-refractivity contribution is -0.111. The Kier molecular flexibility index (Phi) is 8.72. The monoisotopic (exact) mass is 476 g/mol. The molecule has 2 N–H and O–H groups in total. The highest BCUT2D eigenvalue weighted by molar-refractivity contribution is 6.06. The van der Waals surface area contributed by atoms with Gasteiger partial charge in [0.15, 0.2) is 11.5 Å². The molecular weight excluding hydrogens is 448 g/mol. The van der Waals surface area contributed by atoms with Gasteiger partial charge >= 0.3 is 0 Å². The summed E-state index contributed by atoms with van der Waals surface area (Å²) in [6.07, 6.45) is 3.05. The number of hydrogen-bond acceptors (Lipinski definition) is 6. The van der Waals surface area contributed by atoms with Crippen molar-refractivity contribution in [2.24, 2.45) is 0 Å². The summed E-state index contributed by atoms with van der Waals surface area (Å²) < 4.78 is 21.7. The molecular formula is C27H28N2O6. The number of amides is 2. The Morgan fingerprint density at radius 3 is 2.00 bits per heavy atom. The Balaban J connectivity index is 1.77. The van der Waals surface area contributed by atoms with Crippen molar-refractivity contribution in [3.05, 3.63) is 77.9 Å². The molecule has 0 atom stereocenters. The molecule has 0 fully saturated rings. The maximum absolute atomic E-state index is 12.6. The van der Waals surface area contributed by atoms with Gasteiger partial charge in [-0.3, -0.25) is 9.59 Å². The summed E-state index contributed by atoms with van der Waals surface area (Å²) in [5.41, 5.74) is 2.07. The molecule has 0 unspecified atom stereocenters. The largest absolute Gasteiger partial charge is 0.494 e. The van der Waals surface area contributed by atoms with Gasteiger partial charge in [-0.05, 0) is 42.8 Å². The smallest absolute Gasteiger partial charge is 0.255 e. The highest BCUT2D eigenvalue weighted by Crippen LogP contribution is 2.37. The molecule has 0 aliphatic carbocycles. The molecule has 0 radical (unpaired) electrons. The van der Waals surface area contributed by atoms with Crippen LogP contribution in [0.1, 0.15) is 22.8 Å². The van der Waals surface area contributed by atoms with Gasteiger partial charge in [0, 0.05) is 23.8 Å². The zero-order valence-corrected chi connectivity index (χ0v) is 20.1. The van der Waals surface area contributed by atoms with Gasteiger partial charge in [-0.15, -0.1) is 0 Å². The maximum Gasteiger partial charge on any atom is 0.255 e. The zero-order valence-electron chi connectivity index (χ0n) is 20.1. The molecule has 0 spiro atoms. The van der Waals surface area contributed by atoms with Gasteiger partial charge in [0.1, 0.15) is 11.5 Å². The second-order valence-electron chi connectivity index (χ2n) is 7.24. The molecule has 0 aliphatic heterocycles. The van der Waals surface area contributed by atoms with E-state index in [1.807, 2.05) is 19.1 Å². The average molecular weight is 477 g/mol. The van der Waals surface area contributed by atoms with Crippen molar-refractivity contribution in [1.82, 2.24) is 0 Å². The third-order valence-electron chi connectivity index (χ3n) is 4.98. The maximum atomic E-state index is 12.6. The topological polar surface area (TPSA) is 95.1 Å². The fourth-order valence-corrected chi connectivity index (χ4v) is 3.29. The van der Waals surface area contributed by atoms with Crippen LogP contribution in [0, 0.1) is 0 Å². The van der Waals surface area contributed by atoms with Crippen molar-refractivity contribution in [3.8, 4) is 23.0 Å². The van der Waals surface area contributed by atoms with Crippen molar-refractivity contribution >= 4 is 29.3 Å². The number of nitrogens with one attached hydrogen (secondary N) is 2. The molecule has 8 nitrogen and oxygen atoms in total. The van der Waals surface area contributed by atoms with Crippen LogP contribution in [-0.2, 0) is 4.79 Å². The molecule has 0 saturated heterocycles. The van der Waals surface area contributed by atoms with Crippen LogP contribution < -0.4 is 29.6 Å². The van der Waals surface area contributed by atoms with E-state index in [4.69, 9.17) is 18.9 Å². The molecule has 3 aromatic rings. The number of carbonyl (C=O) groups is 2. The number of hydrogen-bond donors (Lipinski definition) is 2. The minimum Gasteiger partial charge on any atom is -0.494 e. The summed E-state index contributed by atoms with van der Waals surface area (Å²) >= 11 is 0. The lowest BCUT2D eigenvalue weighted by Gasteiger charge is -2.16. The van der Waals surface area contributed by atoms with Gasteiger partial charge in [0.05, 0.1) is 39.3 Å². The fourth-order valence-electron chi connectivity index (χ4n) is 3.29. The molecule has 0 aromatic heterocycles. The van der Waals surface area contributed by atoms with E-state index in [1.54, 1.807) is 61.7 Å². The Bertz CT molecular complexity index is 1210. The van der Waals surface area contributed by atoms with Crippen LogP contribution in [0.4, 0.5) is 11.4 Å². The van der Waals surface area contributed by atoms with Crippen molar-refractivity contribution < 1.29 is 28.5 Å². The molecule has 182 valence electrons. The van der Waals surface area contributed by atoms with E-state index in [-0.39, 0.29) is 11.8 Å². The van der Waals surface area contributed by atoms with Crippen molar-refractivity contribution in [3.63, 3.8) is 0 Å². The lowest BCUT2D eigenvalue weighted by Crippen LogP contribution is -2.14. The van der Waals surface area contributed by atoms with E-state index >= 15 is 0 Å². The Morgan fingerprint density at radius 1 is 0.771 bits per heavy atom. The first kappa shape index (κ1) is 25.2. The molecule has 0 aliphatic rings. The zero-order chi connectivity index (χ0) is 25.2. The van der Waals surface area contributed by atoms with Gasteiger partial charge < -0.3 is 29.6 Å². The van der Waals surface area contributed by atoms with E-state index in [0.29, 0.717) is 46.5 Å². The Hall–Kier alpha value is -4.46. The molecule has 35 heavy (non-hydrogen) atoms. The van der Waals surface area contributed by atoms with Crippen LogP contribution in [-0.4, -0.2) is 39.8 Å². The third kappa shape index (κ3) is 6.54. The Morgan fingerprint density at radius 2 is 1.40 bits per heavy atom. The summed E-state index contributed by atoms with van der Waals surface area (Å²) in [6.45, 7) is 2.42. The normalized spacial score (nSPS) is 10.5. The summed E-state index contributed by atoms with van der Waals surface area (Å²) in [4.78, 5) is 25.2. The van der Waals surface area contributed by atoms with Crippen molar-refractivity contribution in [1.29, 1.82) is 0 Å². The van der Waals surface area contributed by atoms with E-state index in [0.717, 1.165) is 5.56 Å². The van der Waals surface area contributed by atoms with Crippen LogP contribution in [0.3, 0.4) is 0 Å². The first-order chi connectivity index (χ1) is 17.0. The number of ether oxygens (including phenoxy) is 4. The molecule has 0 heterocycles. The summed E-state index contributed by atoms with van der Waals surface area (Å²) in [6, 6.07) is 17.4. The first-order valence-corrected chi connectivity index (χ1v) is 10.9. The standard InChI is InChI=1S/C27H28N2O6/c1-5-35-22-13-11-18(15-25(22)34-4)12-14-26(30)28-20-16-24(33-3)21(17-23(20)32-2)29-27(31)19-9-7-6-8-10-19/h6-17H,5H2,1-4H3,(H,28,30)(H,29,31)/b14-12+. The lowest BCUT2D eigenvalue weighted by atomic mass is 10.1. The van der Waals surface area contributed by atoms with Gasteiger partial charge in [-0.1, -0.05) is 24.3 Å². The molecule has 3 aromatic carbocycles. The summed E-state index contributed by atoms with van der Waals surface area (Å²) in [5, 5.41) is 5.59. The van der Waals surface area contributed by atoms with E-state index in [2.05, 4.69) is 10.6 Å². The van der Waals surface area contributed by atoms with Gasteiger partial charge in [0.25, 0.3) is 5.91 Å². The fraction of sp³-hybridized carbons (Fsp3) is 0.185. The summed E-state index contributed by atoms with van der Waals surface area (Å²) in [7, 11) is 4.51. The Labute approximate surface area is 204 Å². The number of anilines is 2. The van der Waals surface area contributed by atoms with Gasteiger partial charge in [0.2, 0.25) is 5.91 Å². The van der Waals surface area contributed by atoms with Crippen LogP contribution in [0.25, 0.3) is 6.08 Å². The second-order valence-corrected chi connectivity index (χ2v) is 7.24. The molecule has 3 rings (SSSR count). The molecule has 2 amide bonds. The van der Waals surface area contributed by atoms with Gasteiger partial charge in [-0.25, -0.2) is 0 Å². The van der Waals surface area contributed by atoms with Crippen LogP contribution in [0.2, 0.25) is 0 Å². The molecule has 8 heteroatoms. The third-order valence-corrected chi connectivity index (χ3v) is 4.98. The van der Waals surface area contributed by atoms with Crippen LogP contribution in [0.15, 0.2) is 66.7 Å². The van der Waals surface area contributed by atoms with E-state index in [1.165, 1.54) is 20.3 Å². The first-order valence-electron chi connectivity index (χ1n) is 10.9. The van der Waals surface area contributed by atoms with Crippen molar-refractivity contribution in [2.45, 2.75) is 6.92 Å². The second kappa shape index (κ2) is 12.1. The van der Waals surface area contributed by atoms with E-state index < -0.39 is 0 Å². The quantitative estimate of drug-likeness (QED) is 0.399. The number of methoxy groups -OCH3 is 3. The number of carbonyl (C=O) groups excluding carboxylic acids is 2. The predicted molar refractivity (Wildman–Crippen MR) is 136 cm³/mol. The molecule has 0 bridgehead atoms. The number of benzene rings is 3. The van der Waals surface area contributed by atoms with Crippen LogP contribution in [0.5, 0.6) is 23.0 Å².